The summed E-state index contributed by atoms with van der Waals surface area (Å²) < 4.78 is 4.46. The predicted molar refractivity (Wildman–Crippen MR) is 39.4 cm³/mol. The third kappa shape index (κ3) is 3.12. The first kappa shape index (κ1) is 9.01. The maximum Gasteiger partial charge on any atom is 0.334 e. The molecule has 10 heavy (non-hydrogen) atoms. The maximum absolute atomic E-state index is 10.7. The number of hydrogen-bond acceptors (Lipinski definition) is 3. The lowest BCUT2D eigenvalue weighted by molar-refractivity contribution is -0.136. The van der Waals surface area contributed by atoms with Crippen LogP contribution in [0.2, 0.25) is 0 Å². The van der Waals surface area contributed by atoms with Crippen LogP contribution in [0.3, 0.4) is 0 Å². The number of hydrogen-bond donors (Lipinski definition) is 1. The van der Waals surface area contributed by atoms with Gasteiger partial charge in [-0.1, -0.05) is 0 Å². The van der Waals surface area contributed by atoms with Crippen LogP contribution in [0, 0.1) is 0 Å². The summed E-state index contributed by atoms with van der Waals surface area (Å²) in [5.41, 5.74) is 0.587. The largest absolute Gasteiger partial charge is 0.466 e. The zero-order chi connectivity index (χ0) is 7.98. The Morgan fingerprint density at radius 2 is 2.30 bits per heavy atom. The van der Waals surface area contributed by atoms with Crippen LogP contribution >= 0.6 is 0 Å². The molecule has 0 aromatic heterocycles. The van der Waals surface area contributed by atoms with E-state index < -0.39 is 0 Å². The Morgan fingerprint density at radius 3 is 2.70 bits per heavy atom. The number of carbonyl (C=O) groups is 1. The Kier molecular flexibility index (Phi) is 4.37. The van der Waals surface area contributed by atoms with E-state index in [0.717, 1.165) is 6.54 Å². The maximum atomic E-state index is 10.7. The second-order valence-electron chi connectivity index (χ2n) is 1.88. The molecule has 0 amide bonds. The summed E-state index contributed by atoms with van der Waals surface area (Å²) in [6.45, 7) is 4.48. The fourth-order valence-corrected chi connectivity index (χ4v) is 0.475. The SMILES string of the molecule is CCNC=C(C)C(=O)OC. The Bertz CT molecular complexity index is 141. The van der Waals surface area contributed by atoms with Gasteiger partial charge in [-0.05, 0) is 13.8 Å². The van der Waals surface area contributed by atoms with Crippen LogP contribution < -0.4 is 5.32 Å². The van der Waals surface area contributed by atoms with E-state index in [-0.39, 0.29) is 5.97 Å². The van der Waals surface area contributed by atoms with Crippen molar-refractivity contribution in [3.05, 3.63) is 11.8 Å². The molecule has 0 rings (SSSR count). The van der Waals surface area contributed by atoms with Crippen molar-refractivity contribution in [1.29, 1.82) is 0 Å². The minimum atomic E-state index is -0.291. The van der Waals surface area contributed by atoms with Crippen molar-refractivity contribution in [3.8, 4) is 0 Å². The highest BCUT2D eigenvalue weighted by Gasteiger charge is 2.00. The number of methoxy groups -OCH3 is 1. The van der Waals surface area contributed by atoms with Gasteiger partial charge in [0.1, 0.15) is 0 Å². The van der Waals surface area contributed by atoms with E-state index in [1.54, 1.807) is 13.1 Å². The van der Waals surface area contributed by atoms with Crippen molar-refractivity contribution in [3.63, 3.8) is 0 Å². The predicted octanol–water partition coefficient (Wildman–Crippen LogP) is 0.673. The van der Waals surface area contributed by atoms with Gasteiger partial charge in [0.05, 0.1) is 7.11 Å². The van der Waals surface area contributed by atoms with Gasteiger partial charge in [-0.2, -0.15) is 0 Å². The molecule has 0 unspecified atom stereocenters. The minimum absolute atomic E-state index is 0.291. The molecule has 0 saturated heterocycles. The monoisotopic (exact) mass is 143 g/mol. The lowest BCUT2D eigenvalue weighted by Gasteiger charge is -1.98. The Balaban J connectivity index is 3.80. The molecular formula is C7H13NO2. The number of esters is 1. The third-order valence-corrected chi connectivity index (χ3v) is 1.03. The molecule has 0 heterocycles. The van der Waals surface area contributed by atoms with Crippen LogP contribution in [0.1, 0.15) is 13.8 Å². The van der Waals surface area contributed by atoms with Gasteiger partial charge >= 0.3 is 5.97 Å². The Morgan fingerprint density at radius 1 is 1.70 bits per heavy atom. The highest BCUT2D eigenvalue weighted by molar-refractivity contribution is 5.87. The first-order valence-corrected chi connectivity index (χ1v) is 3.20. The standard InChI is InChI=1S/C7H13NO2/c1-4-8-5-6(2)7(9)10-3/h5,8H,4H2,1-3H3. The van der Waals surface area contributed by atoms with Gasteiger partial charge in [0.2, 0.25) is 0 Å². The van der Waals surface area contributed by atoms with Crippen LogP contribution in [0.25, 0.3) is 0 Å². The van der Waals surface area contributed by atoms with Crippen molar-refractivity contribution in [2.24, 2.45) is 0 Å². The fourth-order valence-electron chi connectivity index (χ4n) is 0.475. The molecule has 0 aromatic carbocycles. The van der Waals surface area contributed by atoms with Crippen LogP contribution in [-0.2, 0) is 9.53 Å². The van der Waals surface area contributed by atoms with E-state index in [4.69, 9.17) is 0 Å². The quantitative estimate of drug-likeness (QED) is 0.466. The lowest BCUT2D eigenvalue weighted by atomic mass is 10.3. The van der Waals surface area contributed by atoms with E-state index in [1.165, 1.54) is 7.11 Å². The highest BCUT2D eigenvalue weighted by atomic mass is 16.5. The molecule has 0 radical (unpaired) electrons. The smallest absolute Gasteiger partial charge is 0.334 e. The summed E-state index contributed by atoms with van der Waals surface area (Å²) in [5.74, 6) is -0.291. The number of carbonyl (C=O) groups excluding carboxylic acids is 1. The average Bonchev–Trinajstić information content (AvgIpc) is 1.98. The summed E-state index contributed by atoms with van der Waals surface area (Å²) in [5, 5.41) is 2.90. The van der Waals surface area contributed by atoms with Gasteiger partial charge in [0.15, 0.2) is 0 Å². The number of rotatable bonds is 3. The van der Waals surface area contributed by atoms with E-state index >= 15 is 0 Å². The van der Waals surface area contributed by atoms with Crippen molar-refractivity contribution in [2.75, 3.05) is 13.7 Å². The zero-order valence-corrected chi connectivity index (χ0v) is 6.60. The third-order valence-electron chi connectivity index (χ3n) is 1.03. The highest BCUT2D eigenvalue weighted by Crippen LogP contribution is 1.91. The molecule has 0 aliphatic heterocycles. The van der Waals surface area contributed by atoms with Crippen LogP contribution in [-0.4, -0.2) is 19.6 Å². The molecular weight excluding hydrogens is 130 g/mol. The van der Waals surface area contributed by atoms with Gasteiger partial charge in [0.25, 0.3) is 0 Å². The van der Waals surface area contributed by atoms with Crippen LogP contribution in [0.15, 0.2) is 11.8 Å². The topological polar surface area (TPSA) is 38.3 Å². The first-order valence-electron chi connectivity index (χ1n) is 3.20. The van der Waals surface area contributed by atoms with Crippen LogP contribution in [0.5, 0.6) is 0 Å². The zero-order valence-electron chi connectivity index (χ0n) is 6.60. The van der Waals surface area contributed by atoms with Gasteiger partial charge < -0.3 is 10.1 Å². The molecule has 3 nitrogen and oxygen atoms in total. The van der Waals surface area contributed by atoms with Crippen molar-refractivity contribution < 1.29 is 9.53 Å². The molecule has 1 N–H and O–H groups in total. The summed E-state index contributed by atoms with van der Waals surface area (Å²) in [4.78, 5) is 10.7. The van der Waals surface area contributed by atoms with Crippen molar-refractivity contribution in [1.82, 2.24) is 5.32 Å². The van der Waals surface area contributed by atoms with Gasteiger partial charge in [0, 0.05) is 18.3 Å². The molecule has 0 aliphatic rings. The number of nitrogens with one attached hydrogen (secondary N) is 1. The first-order chi connectivity index (χ1) is 4.72. The summed E-state index contributed by atoms with van der Waals surface area (Å²) in [6.07, 6.45) is 1.64. The van der Waals surface area contributed by atoms with Crippen molar-refractivity contribution in [2.45, 2.75) is 13.8 Å². The normalized spacial score (nSPS) is 10.9. The van der Waals surface area contributed by atoms with E-state index in [1.807, 2.05) is 6.92 Å². The number of ether oxygens (including phenoxy) is 1. The molecule has 58 valence electrons. The molecule has 0 fully saturated rings. The second kappa shape index (κ2) is 4.85. The minimum Gasteiger partial charge on any atom is -0.466 e. The lowest BCUT2D eigenvalue weighted by Crippen LogP contribution is -2.08. The van der Waals surface area contributed by atoms with E-state index in [2.05, 4.69) is 10.1 Å². The molecule has 0 bridgehead atoms. The molecule has 0 aromatic rings. The van der Waals surface area contributed by atoms with Gasteiger partial charge in [-0.25, -0.2) is 4.79 Å². The van der Waals surface area contributed by atoms with Crippen molar-refractivity contribution >= 4 is 5.97 Å². The van der Waals surface area contributed by atoms with Crippen LogP contribution in [0.4, 0.5) is 0 Å². The van der Waals surface area contributed by atoms with Gasteiger partial charge in [-0.3, -0.25) is 0 Å². The molecule has 0 saturated carbocycles. The second-order valence-corrected chi connectivity index (χ2v) is 1.88. The molecule has 0 aliphatic carbocycles. The van der Waals surface area contributed by atoms with Gasteiger partial charge in [-0.15, -0.1) is 0 Å². The Hall–Kier alpha value is -0.990. The summed E-state index contributed by atoms with van der Waals surface area (Å²) in [7, 11) is 1.37. The average molecular weight is 143 g/mol. The molecule has 0 spiro atoms. The summed E-state index contributed by atoms with van der Waals surface area (Å²) in [6, 6.07) is 0. The molecule has 0 atom stereocenters. The summed E-state index contributed by atoms with van der Waals surface area (Å²) >= 11 is 0. The fraction of sp³-hybridized carbons (Fsp3) is 0.571. The molecule has 3 heteroatoms. The van der Waals surface area contributed by atoms with E-state index in [0.29, 0.717) is 5.57 Å². The van der Waals surface area contributed by atoms with E-state index in [9.17, 15) is 4.79 Å². The Labute approximate surface area is 61.1 Å².